The first-order valence-corrected chi connectivity index (χ1v) is 18.0. The number of benzene rings is 2. The molecular formula is C32H38Cl2N2O6S2. The molecule has 0 aromatic heterocycles. The molecule has 2 saturated carbocycles. The van der Waals surface area contributed by atoms with Crippen LogP contribution < -0.4 is 4.90 Å². The molecule has 0 aliphatic heterocycles. The van der Waals surface area contributed by atoms with E-state index in [0.717, 1.165) is 61.9 Å². The Hall–Kier alpha value is -2.40. The first kappa shape index (κ1) is 34.5. The minimum absolute atomic E-state index is 0.0961. The number of anilines is 1. The molecule has 2 aliphatic carbocycles. The predicted octanol–water partition coefficient (Wildman–Crippen LogP) is 7.62. The van der Waals surface area contributed by atoms with Crippen molar-refractivity contribution < 1.29 is 28.7 Å². The highest BCUT2D eigenvalue weighted by Gasteiger charge is 2.34. The minimum Gasteiger partial charge on any atom is -0.465 e. The number of rotatable bonds is 14. The fourth-order valence-electron chi connectivity index (χ4n) is 5.81. The Bertz CT molecular complexity index is 1350. The van der Waals surface area contributed by atoms with E-state index in [-0.39, 0.29) is 43.3 Å². The normalized spacial score (nSPS) is 15.3. The van der Waals surface area contributed by atoms with Gasteiger partial charge in [0.1, 0.15) is 13.1 Å². The van der Waals surface area contributed by atoms with E-state index in [1.54, 1.807) is 38.1 Å². The Balaban J connectivity index is 1.62. The van der Waals surface area contributed by atoms with E-state index in [2.05, 4.69) is 4.90 Å². The number of ketones is 1. The standard InChI is InChI=1S/C32H38Cl2N2O6S2/c1-3-41-27(37)19-35(21-11-5-6-12-21)26-18-10-17-25(34)31(26)44-43-30-23(15-9-16-24(30)33)29(39)32(40)36(20-28(38)42-4-2)22-13-7-8-14-22/h9-10,15-18,21-22H,3-8,11-14,19-20H2,1-2H3. The number of carbonyl (C=O) groups is 4. The summed E-state index contributed by atoms with van der Waals surface area (Å²) in [6.07, 6.45) is 7.37. The van der Waals surface area contributed by atoms with Crippen LogP contribution in [0.4, 0.5) is 5.69 Å². The van der Waals surface area contributed by atoms with Gasteiger partial charge in [0.25, 0.3) is 11.7 Å². The van der Waals surface area contributed by atoms with E-state index in [4.69, 9.17) is 32.7 Å². The topological polar surface area (TPSA) is 93.2 Å². The fraction of sp³-hybridized carbons (Fsp3) is 0.500. The summed E-state index contributed by atoms with van der Waals surface area (Å²) in [5.74, 6) is -2.34. The molecule has 2 aromatic rings. The van der Waals surface area contributed by atoms with Crippen molar-refractivity contribution in [3.63, 3.8) is 0 Å². The van der Waals surface area contributed by atoms with E-state index in [1.165, 1.54) is 26.5 Å². The fourth-order valence-corrected chi connectivity index (χ4v) is 9.21. The van der Waals surface area contributed by atoms with Crippen LogP contribution in [0.2, 0.25) is 10.0 Å². The van der Waals surface area contributed by atoms with Crippen LogP contribution in [0.15, 0.2) is 46.2 Å². The van der Waals surface area contributed by atoms with Gasteiger partial charge in [-0.3, -0.25) is 19.2 Å². The average molecular weight is 682 g/mol. The molecule has 0 N–H and O–H groups in total. The summed E-state index contributed by atoms with van der Waals surface area (Å²) in [6, 6.07) is 10.4. The maximum atomic E-state index is 13.8. The summed E-state index contributed by atoms with van der Waals surface area (Å²) >= 11 is 13.4. The zero-order chi connectivity index (χ0) is 31.6. The van der Waals surface area contributed by atoms with Crippen LogP contribution in [-0.4, -0.2) is 66.9 Å². The molecule has 1 amide bonds. The molecule has 44 heavy (non-hydrogen) atoms. The van der Waals surface area contributed by atoms with E-state index in [0.29, 0.717) is 21.5 Å². The molecule has 0 heterocycles. The van der Waals surface area contributed by atoms with Crippen molar-refractivity contribution >= 4 is 74.1 Å². The minimum atomic E-state index is -0.751. The van der Waals surface area contributed by atoms with Crippen LogP contribution in [-0.2, 0) is 23.9 Å². The number of hydrogen-bond donors (Lipinski definition) is 0. The monoisotopic (exact) mass is 680 g/mol. The summed E-state index contributed by atoms with van der Waals surface area (Å²) in [5.41, 5.74) is 0.951. The van der Waals surface area contributed by atoms with E-state index < -0.39 is 17.7 Å². The Morgan fingerprint density at radius 2 is 1.27 bits per heavy atom. The van der Waals surface area contributed by atoms with Gasteiger partial charge in [0.2, 0.25) is 0 Å². The van der Waals surface area contributed by atoms with Crippen molar-refractivity contribution in [3.8, 4) is 0 Å². The lowest BCUT2D eigenvalue weighted by atomic mass is 10.1. The molecule has 0 saturated heterocycles. The van der Waals surface area contributed by atoms with Crippen molar-refractivity contribution in [2.75, 3.05) is 31.2 Å². The number of carbonyl (C=O) groups excluding carboxylic acids is 4. The average Bonchev–Trinajstić information content (AvgIpc) is 3.74. The molecule has 2 fully saturated rings. The lowest BCUT2D eigenvalue weighted by molar-refractivity contribution is -0.148. The number of amides is 1. The maximum absolute atomic E-state index is 13.8. The van der Waals surface area contributed by atoms with Gasteiger partial charge in [-0.25, -0.2) is 0 Å². The van der Waals surface area contributed by atoms with Crippen LogP contribution in [0.1, 0.15) is 75.6 Å². The van der Waals surface area contributed by atoms with E-state index >= 15 is 0 Å². The molecule has 2 aromatic carbocycles. The number of Topliss-reactive ketones (excluding diaryl/α,β-unsaturated/α-hetero) is 1. The van der Waals surface area contributed by atoms with Crippen molar-refractivity contribution in [1.82, 2.24) is 4.90 Å². The molecule has 2 aliphatic rings. The largest absolute Gasteiger partial charge is 0.465 e. The Morgan fingerprint density at radius 1 is 0.750 bits per heavy atom. The second-order valence-electron chi connectivity index (χ2n) is 10.7. The second kappa shape index (κ2) is 16.8. The highest BCUT2D eigenvalue weighted by atomic mass is 35.5. The molecule has 8 nitrogen and oxygen atoms in total. The molecule has 0 spiro atoms. The van der Waals surface area contributed by atoms with E-state index in [9.17, 15) is 19.2 Å². The molecular weight excluding hydrogens is 643 g/mol. The second-order valence-corrected chi connectivity index (χ2v) is 13.7. The molecule has 238 valence electrons. The summed E-state index contributed by atoms with van der Waals surface area (Å²) in [4.78, 5) is 56.9. The van der Waals surface area contributed by atoms with Crippen molar-refractivity contribution in [1.29, 1.82) is 0 Å². The summed E-state index contributed by atoms with van der Waals surface area (Å²) in [7, 11) is 2.55. The third-order valence-corrected chi connectivity index (χ3v) is 11.3. The van der Waals surface area contributed by atoms with Gasteiger partial charge in [-0.2, -0.15) is 0 Å². The van der Waals surface area contributed by atoms with Gasteiger partial charge in [0, 0.05) is 22.5 Å². The number of nitrogens with zero attached hydrogens (tertiary/aromatic N) is 2. The van der Waals surface area contributed by atoms with Gasteiger partial charge in [-0.15, -0.1) is 0 Å². The van der Waals surface area contributed by atoms with E-state index in [1.807, 2.05) is 12.1 Å². The first-order valence-electron chi connectivity index (χ1n) is 15.1. The van der Waals surface area contributed by atoms with Crippen molar-refractivity contribution in [2.24, 2.45) is 0 Å². The van der Waals surface area contributed by atoms with Gasteiger partial charge >= 0.3 is 11.9 Å². The zero-order valence-electron chi connectivity index (χ0n) is 25.0. The molecule has 0 unspecified atom stereocenters. The highest BCUT2D eigenvalue weighted by Crippen LogP contribution is 2.49. The summed E-state index contributed by atoms with van der Waals surface area (Å²) in [5, 5.41) is 0.802. The van der Waals surface area contributed by atoms with Crippen LogP contribution >= 0.6 is 44.8 Å². The van der Waals surface area contributed by atoms with Crippen molar-refractivity contribution in [3.05, 3.63) is 52.0 Å². The highest BCUT2D eigenvalue weighted by molar-refractivity contribution is 8.76. The Morgan fingerprint density at radius 3 is 1.89 bits per heavy atom. The van der Waals surface area contributed by atoms with Gasteiger partial charge in [-0.1, -0.05) is 71.8 Å². The summed E-state index contributed by atoms with van der Waals surface area (Å²) < 4.78 is 10.4. The quantitative estimate of drug-likeness (QED) is 0.0864. The number of esters is 2. The lowest BCUT2D eigenvalue weighted by Gasteiger charge is -2.32. The first-order chi connectivity index (χ1) is 21.2. The van der Waals surface area contributed by atoms with Gasteiger partial charge < -0.3 is 19.3 Å². The zero-order valence-corrected chi connectivity index (χ0v) is 28.2. The third-order valence-electron chi connectivity index (χ3n) is 7.87. The lowest BCUT2D eigenvalue weighted by Crippen LogP contribution is -2.46. The molecule has 4 rings (SSSR count). The Kier molecular flexibility index (Phi) is 13.1. The van der Waals surface area contributed by atoms with Crippen LogP contribution in [0, 0.1) is 0 Å². The van der Waals surface area contributed by atoms with Crippen LogP contribution in [0.5, 0.6) is 0 Å². The van der Waals surface area contributed by atoms with Crippen molar-refractivity contribution in [2.45, 2.75) is 87.1 Å². The predicted molar refractivity (Wildman–Crippen MR) is 176 cm³/mol. The Labute approximate surface area is 276 Å². The third kappa shape index (κ3) is 8.65. The molecule has 0 bridgehead atoms. The number of hydrogen-bond acceptors (Lipinski definition) is 9. The van der Waals surface area contributed by atoms with Gasteiger partial charge in [0.05, 0.1) is 33.8 Å². The summed E-state index contributed by atoms with van der Waals surface area (Å²) in [6.45, 7) is 3.79. The SMILES string of the molecule is CCOC(=O)CN(C(=O)C(=O)c1cccc(Cl)c1SSc1c(Cl)cccc1N(CC(=O)OCC)C1CCCC1)C1CCCC1. The molecule has 12 heteroatoms. The van der Waals surface area contributed by atoms with Crippen LogP contribution in [0.3, 0.4) is 0 Å². The smallest absolute Gasteiger partial charge is 0.325 e. The number of halogens is 2. The van der Waals surface area contributed by atoms with Crippen LogP contribution in [0.25, 0.3) is 0 Å². The molecule has 0 radical (unpaired) electrons. The van der Waals surface area contributed by atoms with Gasteiger partial charge in [-0.05, 0) is 74.6 Å². The number of ether oxygens (including phenoxy) is 2. The van der Waals surface area contributed by atoms with Gasteiger partial charge in [0.15, 0.2) is 0 Å². The molecule has 0 atom stereocenters. The maximum Gasteiger partial charge on any atom is 0.325 e.